The first-order valence-corrected chi connectivity index (χ1v) is 7.19. The molecule has 5 nitrogen and oxygen atoms in total. The molecular formula is C16H21N3O2. The molecular weight excluding hydrogens is 266 g/mol. The van der Waals surface area contributed by atoms with Gasteiger partial charge in [-0.3, -0.25) is 4.79 Å². The lowest BCUT2D eigenvalue weighted by atomic mass is 10.2. The van der Waals surface area contributed by atoms with Crippen LogP contribution in [0.2, 0.25) is 0 Å². The Bertz CT molecular complexity index is 593. The van der Waals surface area contributed by atoms with Gasteiger partial charge in [0.05, 0.1) is 23.0 Å². The molecule has 0 spiro atoms. The van der Waals surface area contributed by atoms with Gasteiger partial charge in [0.2, 0.25) is 0 Å². The molecule has 0 saturated heterocycles. The number of aromatic nitrogens is 2. The summed E-state index contributed by atoms with van der Waals surface area (Å²) >= 11 is 0. The number of nitrogens with zero attached hydrogens (tertiary/aromatic N) is 2. The molecule has 0 aliphatic rings. The van der Waals surface area contributed by atoms with Gasteiger partial charge < -0.3 is 10.4 Å². The second-order valence-corrected chi connectivity index (χ2v) is 5.01. The van der Waals surface area contributed by atoms with Gasteiger partial charge >= 0.3 is 0 Å². The second-order valence-electron chi connectivity index (χ2n) is 5.01. The summed E-state index contributed by atoms with van der Waals surface area (Å²) in [6, 6.07) is 9.67. The number of nitrogens with one attached hydrogen (secondary N) is 1. The van der Waals surface area contributed by atoms with E-state index in [0.29, 0.717) is 30.6 Å². The largest absolute Gasteiger partial charge is 0.393 e. The number of rotatable bonds is 6. The Morgan fingerprint density at radius 2 is 2.10 bits per heavy atom. The van der Waals surface area contributed by atoms with Crippen LogP contribution in [0.5, 0.6) is 0 Å². The summed E-state index contributed by atoms with van der Waals surface area (Å²) in [6.07, 6.45) is 2.63. The smallest absolute Gasteiger partial charge is 0.254 e. The lowest BCUT2D eigenvalue weighted by Crippen LogP contribution is -2.27. The van der Waals surface area contributed by atoms with Crippen LogP contribution in [0.1, 0.15) is 35.8 Å². The van der Waals surface area contributed by atoms with Gasteiger partial charge in [0, 0.05) is 12.7 Å². The van der Waals surface area contributed by atoms with Gasteiger partial charge in [0.1, 0.15) is 0 Å². The first-order chi connectivity index (χ1) is 10.1. The van der Waals surface area contributed by atoms with Gasteiger partial charge in [-0.1, -0.05) is 25.1 Å². The Kier molecular flexibility index (Phi) is 5.11. The Hall–Kier alpha value is -2.14. The summed E-state index contributed by atoms with van der Waals surface area (Å²) in [7, 11) is 0. The quantitative estimate of drug-likeness (QED) is 0.854. The number of aryl methyl sites for hydroxylation is 1. The van der Waals surface area contributed by atoms with Crippen LogP contribution in [0.15, 0.2) is 36.5 Å². The zero-order chi connectivity index (χ0) is 15.2. The molecule has 0 fully saturated rings. The SMILES string of the molecule is CCC(O)CCNC(=O)c1cn(-c2ccccc2)nc1C. The number of hydrogen-bond donors (Lipinski definition) is 2. The van der Waals surface area contributed by atoms with E-state index in [1.807, 2.05) is 44.2 Å². The maximum atomic E-state index is 12.1. The molecule has 2 aromatic rings. The van der Waals surface area contributed by atoms with Crippen LogP contribution < -0.4 is 5.32 Å². The number of carbonyl (C=O) groups is 1. The molecule has 1 heterocycles. The number of amides is 1. The average Bonchev–Trinajstić information content (AvgIpc) is 2.90. The topological polar surface area (TPSA) is 67.2 Å². The highest BCUT2D eigenvalue weighted by Crippen LogP contribution is 2.11. The van der Waals surface area contributed by atoms with Crippen molar-refractivity contribution in [2.45, 2.75) is 32.8 Å². The van der Waals surface area contributed by atoms with Crippen molar-refractivity contribution >= 4 is 5.91 Å². The second kappa shape index (κ2) is 7.04. The van der Waals surface area contributed by atoms with Crippen LogP contribution in [0.25, 0.3) is 5.69 Å². The number of para-hydroxylation sites is 1. The lowest BCUT2D eigenvalue weighted by Gasteiger charge is -2.08. The molecule has 1 aromatic heterocycles. The van der Waals surface area contributed by atoms with E-state index in [9.17, 15) is 9.90 Å². The van der Waals surface area contributed by atoms with Gasteiger partial charge in [0.15, 0.2) is 0 Å². The zero-order valence-corrected chi connectivity index (χ0v) is 12.4. The third-order valence-corrected chi connectivity index (χ3v) is 3.40. The summed E-state index contributed by atoms with van der Waals surface area (Å²) in [5, 5.41) is 16.7. The molecule has 2 N–H and O–H groups in total. The van der Waals surface area contributed by atoms with Crippen molar-refractivity contribution in [3.8, 4) is 5.69 Å². The van der Waals surface area contributed by atoms with Crippen LogP contribution in [0.3, 0.4) is 0 Å². The molecule has 112 valence electrons. The van der Waals surface area contributed by atoms with Gasteiger partial charge in [-0.05, 0) is 31.9 Å². The van der Waals surface area contributed by atoms with Crippen LogP contribution in [-0.4, -0.2) is 33.4 Å². The molecule has 1 unspecified atom stereocenters. The predicted molar refractivity (Wildman–Crippen MR) is 81.5 cm³/mol. The van der Waals surface area contributed by atoms with E-state index in [1.165, 1.54) is 0 Å². The third-order valence-electron chi connectivity index (χ3n) is 3.40. The van der Waals surface area contributed by atoms with Gasteiger partial charge in [-0.25, -0.2) is 4.68 Å². The highest BCUT2D eigenvalue weighted by atomic mass is 16.3. The molecule has 0 saturated carbocycles. The number of benzene rings is 1. The average molecular weight is 287 g/mol. The molecule has 21 heavy (non-hydrogen) atoms. The van der Waals surface area contributed by atoms with E-state index in [2.05, 4.69) is 10.4 Å². The first kappa shape index (κ1) is 15.3. The van der Waals surface area contributed by atoms with Crippen molar-refractivity contribution in [3.63, 3.8) is 0 Å². The number of aliphatic hydroxyl groups is 1. The predicted octanol–water partition coefficient (Wildman–Crippen LogP) is 2.07. The van der Waals surface area contributed by atoms with Gasteiger partial charge in [0.25, 0.3) is 5.91 Å². The van der Waals surface area contributed by atoms with Crippen LogP contribution >= 0.6 is 0 Å². The minimum atomic E-state index is -0.363. The number of carbonyl (C=O) groups excluding carboxylic acids is 1. The molecule has 1 aromatic carbocycles. The first-order valence-electron chi connectivity index (χ1n) is 7.19. The molecule has 0 aliphatic heterocycles. The molecule has 5 heteroatoms. The van der Waals surface area contributed by atoms with Crippen molar-refractivity contribution in [2.24, 2.45) is 0 Å². The van der Waals surface area contributed by atoms with Crippen molar-refractivity contribution < 1.29 is 9.90 Å². The Labute approximate surface area is 124 Å². The van der Waals surface area contributed by atoms with Crippen LogP contribution in [-0.2, 0) is 0 Å². The minimum Gasteiger partial charge on any atom is -0.393 e. The van der Waals surface area contributed by atoms with Gasteiger partial charge in [-0.2, -0.15) is 5.10 Å². The van der Waals surface area contributed by atoms with Crippen LogP contribution in [0.4, 0.5) is 0 Å². The fourth-order valence-corrected chi connectivity index (χ4v) is 2.05. The molecule has 1 amide bonds. The van der Waals surface area contributed by atoms with Crippen molar-refractivity contribution in [2.75, 3.05) is 6.54 Å². The Morgan fingerprint density at radius 3 is 2.76 bits per heavy atom. The fourth-order valence-electron chi connectivity index (χ4n) is 2.05. The molecule has 0 aliphatic carbocycles. The van der Waals surface area contributed by atoms with E-state index in [-0.39, 0.29) is 12.0 Å². The van der Waals surface area contributed by atoms with E-state index < -0.39 is 0 Å². The molecule has 1 atom stereocenters. The van der Waals surface area contributed by atoms with E-state index >= 15 is 0 Å². The lowest BCUT2D eigenvalue weighted by molar-refractivity contribution is 0.0941. The van der Waals surface area contributed by atoms with Crippen molar-refractivity contribution in [3.05, 3.63) is 47.8 Å². The van der Waals surface area contributed by atoms with E-state index in [4.69, 9.17) is 0 Å². The highest BCUT2D eigenvalue weighted by Gasteiger charge is 2.14. The monoisotopic (exact) mass is 287 g/mol. The standard InChI is InChI=1S/C16H21N3O2/c1-3-14(20)9-10-17-16(21)15-11-19(18-12(15)2)13-7-5-4-6-8-13/h4-8,11,14,20H,3,9-10H2,1-2H3,(H,17,21). The summed E-state index contributed by atoms with van der Waals surface area (Å²) < 4.78 is 1.70. The van der Waals surface area contributed by atoms with Crippen molar-refractivity contribution in [1.29, 1.82) is 0 Å². The highest BCUT2D eigenvalue weighted by molar-refractivity contribution is 5.95. The molecule has 0 bridgehead atoms. The zero-order valence-electron chi connectivity index (χ0n) is 12.4. The van der Waals surface area contributed by atoms with Gasteiger partial charge in [-0.15, -0.1) is 0 Å². The number of aliphatic hydroxyl groups excluding tert-OH is 1. The molecule has 0 radical (unpaired) electrons. The van der Waals surface area contributed by atoms with Crippen LogP contribution in [0, 0.1) is 6.92 Å². The summed E-state index contributed by atoms with van der Waals surface area (Å²) in [5.41, 5.74) is 2.17. The van der Waals surface area contributed by atoms with E-state index in [1.54, 1.807) is 10.9 Å². The maximum absolute atomic E-state index is 12.1. The van der Waals surface area contributed by atoms with E-state index in [0.717, 1.165) is 5.69 Å². The normalized spacial score (nSPS) is 12.1. The maximum Gasteiger partial charge on any atom is 0.254 e. The Balaban J connectivity index is 2.04. The number of hydrogen-bond acceptors (Lipinski definition) is 3. The summed E-state index contributed by atoms with van der Waals surface area (Å²) in [4.78, 5) is 12.1. The fraction of sp³-hybridized carbons (Fsp3) is 0.375. The Morgan fingerprint density at radius 1 is 1.38 bits per heavy atom. The minimum absolute atomic E-state index is 0.155. The summed E-state index contributed by atoms with van der Waals surface area (Å²) in [5.74, 6) is -0.155. The third kappa shape index (κ3) is 3.92. The van der Waals surface area contributed by atoms with Crippen molar-refractivity contribution in [1.82, 2.24) is 15.1 Å². The summed E-state index contributed by atoms with van der Waals surface area (Å²) in [6.45, 7) is 4.19. The molecule has 2 rings (SSSR count).